The number of esters is 1. The van der Waals surface area contributed by atoms with Gasteiger partial charge < -0.3 is 15.2 Å². The molecule has 326 valence electrons. The minimum Gasteiger partial charge on any atom is -0.515 e. The van der Waals surface area contributed by atoms with Crippen molar-refractivity contribution < 1.29 is 19.4 Å². The summed E-state index contributed by atoms with van der Waals surface area (Å²) in [5.74, 6) is 2.14. The summed E-state index contributed by atoms with van der Waals surface area (Å²) in [7, 11) is 0. The van der Waals surface area contributed by atoms with Gasteiger partial charge in [0.05, 0.1) is 40.5 Å². The maximum atomic E-state index is 13.8. The molecule has 0 spiro atoms. The molecule has 6 aliphatic rings. The number of nitrogens with zero attached hydrogens (tertiary/aromatic N) is 3. The number of ether oxygens (including phenoxy) is 1. The lowest BCUT2D eigenvalue weighted by Gasteiger charge is -2.17. The Bertz CT molecular complexity index is 2190. The van der Waals surface area contributed by atoms with Crippen LogP contribution in [0.2, 0.25) is 0 Å². The molecule has 8 bridgehead atoms. The number of Topliss-reactive ketones (excluding diaryl/α,β-unsaturated/α-hetero) is 1. The Morgan fingerprint density at radius 3 is 2.31 bits per heavy atom. The van der Waals surface area contributed by atoms with Crippen molar-refractivity contribution in [1.29, 1.82) is 0 Å². The van der Waals surface area contributed by atoms with Gasteiger partial charge in [0.2, 0.25) is 0 Å². The van der Waals surface area contributed by atoms with Crippen LogP contribution in [-0.4, -0.2) is 40.6 Å². The van der Waals surface area contributed by atoms with E-state index in [2.05, 4.69) is 65.6 Å². The van der Waals surface area contributed by atoms with Gasteiger partial charge in [0.25, 0.3) is 0 Å². The molecule has 0 unspecified atom stereocenters. The monoisotopic (exact) mass is 827 g/mol. The quantitative estimate of drug-likeness (QED) is 0.0765. The summed E-state index contributed by atoms with van der Waals surface area (Å²) in [6, 6.07) is 0. The Morgan fingerprint density at radius 2 is 1.64 bits per heavy atom. The van der Waals surface area contributed by atoms with E-state index in [-0.39, 0.29) is 43.0 Å². The number of hydrogen-bond donors (Lipinski definition) is 2. The van der Waals surface area contributed by atoms with Gasteiger partial charge in [-0.05, 0) is 105 Å². The Labute approximate surface area is 365 Å². The molecule has 2 fully saturated rings. The number of fused-ring (bicyclic) bond motifs is 5. The van der Waals surface area contributed by atoms with Crippen molar-refractivity contribution in [3.8, 4) is 0 Å². The molecule has 8 heteroatoms. The zero-order chi connectivity index (χ0) is 44.0. The van der Waals surface area contributed by atoms with Crippen molar-refractivity contribution in [1.82, 2.24) is 5.32 Å². The second-order valence-corrected chi connectivity index (χ2v) is 18.8. The molecule has 0 aromatic rings. The summed E-state index contributed by atoms with van der Waals surface area (Å²) in [6.45, 7) is 24.2. The predicted molar refractivity (Wildman–Crippen MR) is 251 cm³/mol. The zero-order valence-electron chi connectivity index (χ0n) is 38.5. The molecule has 1 saturated heterocycles. The van der Waals surface area contributed by atoms with Crippen molar-refractivity contribution >= 4 is 28.9 Å². The fraction of sp³-hybridized carbons (Fsp3) is 0.528. The Hall–Kier alpha value is -4.85. The third kappa shape index (κ3) is 10.4. The van der Waals surface area contributed by atoms with Gasteiger partial charge in [0.1, 0.15) is 6.61 Å². The summed E-state index contributed by atoms with van der Waals surface area (Å²) in [5, 5.41) is 14.1. The van der Waals surface area contributed by atoms with Crippen LogP contribution in [0.4, 0.5) is 0 Å². The minimum atomic E-state index is -0.220. The van der Waals surface area contributed by atoms with E-state index in [1.807, 2.05) is 39.0 Å². The first-order chi connectivity index (χ1) is 29.2. The van der Waals surface area contributed by atoms with Crippen molar-refractivity contribution in [3.05, 3.63) is 116 Å². The second-order valence-electron chi connectivity index (χ2n) is 18.8. The molecular formula is C53H70N4O4. The van der Waals surface area contributed by atoms with E-state index in [1.54, 1.807) is 0 Å². The van der Waals surface area contributed by atoms with Crippen LogP contribution in [0.5, 0.6) is 0 Å². The first-order valence-electron chi connectivity index (χ1n) is 23.1. The van der Waals surface area contributed by atoms with Gasteiger partial charge in [-0.15, -0.1) is 0 Å². The van der Waals surface area contributed by atoms with E-state index in [0.29, 0.717) is 46.8 Å². The highest BCUT2D eigenvalue weighted by atomic mass is 16.5. The molecule has 1 aliphatic carbocycles. The standard InChI is InChI=1S/C53H70N4O4/c1-11-38-35(8)43-27-44-36(9)40(22-23-50(60)61-25-24-34(7)21-15-20-33(6)19-14-18-32(5)17-13-16-31(3)4)52(56-44)41-26-49(59)51-37(10)45(57-53(41)51)28-47-39(12-2)42(30-58)48(55-47)29-46(38)54-43/h11,24,27-33,36,40,56,58H,1,12-23,25-26H2,2-10H3/b34-24+,42-30+,44-27?,45-28?,46-29?,52-41?/t32-,33-,36+,40+/m1/s1. The van der Waals surface area contributed by atoms with E-state index < -0.39 is 0 Å². The summed E-state index contributed by atoms with van der Waals surface area (Å²) < 4.78 is 5.78. The Balaban J connectivity index is 1.14. The van der Waals surface area contributed by atoms with E-state index in [0.717, 1.165) is 87.5 Å². The van der Waals surface area contributed by atoms with E-state index in [1.165, 1.54) is 50.5 Å². The number of ketones is 1. The molecular weight excluding hydrogens is 757 g/mol. The highest BCUT2D eigenvalue weighted by Crippen LogP contribution is 2.45. The normalized spacial score (nSPS) is 22.8. The van der Waals surface area contributed by atoms with Gasteiger partial charge in [-0.25, -0.2) is 15.0 Å². The van der Waals surface area contributed by atoms with Gasteiger partial charge in [-0.1, -0.05) is 105 Å². The lowest BCUT2D eigenvalue weighted by molar-refractivity contribution is -0.142. The highest BCUT2D eigenvalue weighted by molar-refractivity contribution is 6.38. The molecule has 8 nitrogen and oxygen atoms in total. The number of allylic oxidation sites excluding steroid dienone is 13. The third-order valence-corrected chi connectivity index (χ3v) is 13.7. The Morgan fingerprint density at radius 1 is 0.934 bits per heavy atom. The molecule has 6 rings (SSSR count). The number of carbonyl (C=O) groups is 2. The van der Waals surface area contributed by atoms with Crippen molar-refractivity contribution in [2.24, 2.45) is 44.6 Å². The fourth-order valence-corrected chi connectivity index (χ4v) is 9.76. The molecule has 61 heavy (non-hydrogen) atoms. The summed E-state index contributed by atoms with van der Waals surface area (Å²) in [4.78, 5) is 42.2. The van der Waals surface area contributed by atoms with Gasteiger partial charge >= 0.3 is 5.97 Å². The average molecular weight is 827 g/mol. The maximum Gasteiger partial charge on any atom is 0.306 e. The SMILES string of the molecule is C=CC1=C(C)C2=NC1=CC1=NC(=C(CC)/C1=C\O)C=C1N=C3C(=C4NC(=C2)[C@@H](C)[C@@H]4CCC(=O)OC/C=C(\C)CCC[C@H](C)CCC[C@H](C)CCCC(C)C)CC(=O)C3=C1C. The molecule has 0 amide bonds. The van der Waals surface area contributed by atoms with Crippen LogP contribution in [0.1, 0.15) is 146 Å². The van der Waals surface area contributed by atoms with Crippen molar-refractivity contribution in [2.45, 2.75) is 146 Å². The molecule has 0 aromatic heterocycles. The number of aliphatic hydroxyl groups excluding tert-OH is 1. The molecule has 5 aliphatic heterocycles. The average Bonchev–Trinajstić information content (AvgIpc) is 3.98. The largest absolute Gasteiger partial charge is 0.515 e. The summed E-state index contributed by atoms with van der Waals surface area (Å²) in [6.07, 6.45) is 24.1. The number of aliphatic imine (C=N–C) groups is 3. The van der Waals surface area contributed by atoms with Crippen LogP contribution in [0.25, 0.3) is 0 Å². The van der Waals surface area contributed by atoms with Crippen molar-refractivity contribution in [3.63, 3.8) is 0 Å². The van der Waals surface area contributed by atoms with Crippen LogP contribution in [-0.2, 0) is 14.3 Å². The molecule has 1 saturated carbocycles. The minimum absolute atomic E-state index is 0.00664. The molecule has 2 N–H and O–H groups in total. The van der Waals surface area contributed by atoms with Crippen LogP contribution < -0.4 is 5.32 Å². The van der Waals surface area contributed by atoms with E-state index >= 15 is 0 Å². The third-order valence-electron chi connectivity index (χ3n) is 13.7. The van der Waals surface area contributed by atoms with Gasteiger partial charge in [0, 0.05) is 58.4 Å². The lowest BCUT2D eigenvalue weighted by Crippen LogP contribution is -2.15. The highest BCUT2D eigenvalue weighted by Gasteiger charge is 2.43. The number of rotatable bonds is 19. The topological polar surface area (TPSA) is 113 Å². The zero-order valence-corrected chi connectivity index (χ0v) is 38.5. The second kappa shape index (κ2) is 20.3. The van der Waals surface area contributed by atoms with Gasteiger partial charge in [-0.3, -0.25) is 9.59 Å². The molecule has 4 atom stereocenters. The number of carbonyl (C=O) groups excluding carboxylic acids is 2. The van der Waals surface area contributed by atoms with Crippen LogP contribution in [0, 0.1) is 29.6 Å². The first-order valence-corrected chi connectivity index (χ1v) is 23.1. The van der Waals surface area contributed by atoms with Gasteiger partial charge in [0.15, 0.2) is 5.78 Å². The summed E-state index contributed by atoms with van der Waals surface area (Å²) in [5.41, 5.74) is 13.2. The van der Waals surface area contributed by atoms with Crippen LogP contribution >= 0.6 is 0 Å². The number of aliphatic hydroxyl groups is 1. The number of hydrogen-bond acceptors (Lipinski definition) is 8. The fourth-order valence-electron chi connectivity index (χ4n) is 9.76. The van der Waals surface area contributed by atoms with E-state index in [4.69, 9.17) is 19.7 Å². The molecule has 0 radical (unpaired) electrons. The van der Waals surface area contributed by atoms with Crippen LogP contribution in [0.15, 0.2) is 131 Å². The summed E-state index contributed by atoms with van der Waals surface area (Å²) >= 11 is 0. The number of nitrogens with one attached hydrogen (secondary N) is 1. The lowest BCUT2D eigenvalue weighted by atomic mass is 9.86. The maximum absolute atomic E-state index is 13.8. The first kappa shape index (κ1) is 45.7. The van der Waals surface area contributed by atoms with Crippen molar-refractivity contribution in [2.75, 3.05) is 6.61 Å². The smallest absolute Gasteiger partial charge is 0.306 e. The predicted octanol–water partition coefficient (Wildman–Crippen LogP) is 12.7. The van der Waals surface area contributed by atoms with Gasteiger partial charge in [-0.2, -0.15) is 0 Å². The molecule has 0 aromatic carbocycles. The Kier molecular flexibility index (Phi) is 15.2. The van der Waals surface area contributed by atoms with E-state index in [9.17, 15) is 14.7 Å². The van der Waals surface area contributed by atoms with Crippen LogP contribution in [0.3, 0.4) is 0 Å². The molecule has 5 heterocycles.